The number of halogens is 1. The Morgan fingerprint density at radius 3 is 2.68 bits per heavy atom. The Kier molecular flexibility index (Phi) is 6.29. The fraction of sp³-hybridized carbons (Fsp3) is 0.538. The molecule has 0 aliphatic carbocycles. The van der Waals surface area contributed by atoms with E-state index in [1.54, 1.807) is 6.92 Å². The van der Waals surface area contributed by atoms with Gasteiger partial charge in [0.1, 0.15) is 15.6 Å². The molecule has 108 valence electrons. The smallest absolute Gasteiger partial charge is 0.150 e. The van der Waals surface area contributed by atoms with Crippen molar-refractivity contribution in [1.82, 2.24) is 0 Å². The van der Waals surface area contributed by atoms with Crippen molar-refractivity contribution in [3.8, 4) is 5.75 Å². The Bertz CT molecular complexity index is 515. The normalized spacial score (nSPS) is 13.3. The third kappa shape index (κ3) is 5.50. The van der Waals surface area contributed by atoms with Gasteiger partial charge in [0.2, 0.25) is 0 Å². The molecule has 0 radical (unpaired) electrons. The Labute approximate surface area is 123 Å². The monoisotopic (exact) mass is 349 g/mol. The molecule has 1 rings (SSSR count). The third-order valence-corrected chi connectivity index (χ3v) is 5.05. The highest BCUT2D eigenvalue weighted by Crippen LogP contribution is 2.27. The summed E-state index contributed by atoms with van der Waals surface area (Å²) in [6.45, 7) is 3.91. The van der Waals surface area contributed by atoms with Gasteiger partial charge in [-0.25, -0.2) is 8.42 Å². The zero-order valence-corrected chi connectivity index (χ0v) is 13.6. The van der Waals surface area contributed by atoms with E-state index in [4.69, 9.17) is 10.5 Å². The highest BCUT2D eigenvalue weighted by Gasteiger charge is 2.10. The van der Waals surface area contributed by atoms with Crippen molar-refractivity contribution in [1.29, 1.82) is 0 Å². The van der Waals surface area contributed by atoms with Gasteiger partial charge in [-0.3, -0.25) is 0 Å². The van der Waals surface area contributed by atoms with Crippen molar-refractivity contribution in [2.45, 2.75) is 26.3 Å². The van der Waals surface area contributed by atoms with Crippen LogP contribution in [0.1, 0.15) is 31.9 Å². The van der Waals surface area contributed by atoms with Crippen molar-refractivity contribution in [2.24, 2.45) is 5.73 Å². The average molecular weight is 350 g/mol. The van der Waals surface area contributed by atoms with Crippen LogP contribution in [0, 0.1) is 0 Å². The van der Waals surface area contributed by atoms with Crippen LogP contribution in [0.15, 0.2) is 22.7 Å². The largest absolute Gasteiger partial charge is 0.493 e. The van der Waals surface area contributed by atoms with E-state index in [2.05, 4.69) is 15.9 Å². The molecule has 0 saturated carbocycles. The molecule has 0 aromatic heterocycles. The molecule has 0 spiro atoms. The number of ether oxygens (including phenoxy) is 1. The van der Waals surface area contributed by atoms with E-state index in [1.807, 2.05) is 25.1 Å². The minimum atomic E-state index is -2.92. The van der Waals surface area contributed by atoms with Crippen LogP contribution in [0.3, 0.4) is 0 Å². The van der Waals surface area contributed by atoms with E-state index >= 15 is 0 Å². The van der Waals surface area contributed by atoms with Crippen molar-refractivity contribution < 1.29 is 13.2 Å². The van der Waals surface area contributed by atoms with Gasteiger partial charge < -0.3 is 10.5 Å². The molecular formula is C13H20BrNO3S. The molecular weight excluding hydrogens is 330 g/mol. The maximum absolute atomic E-state index is 11.4. The van der Waals surface area contributed by atoms with Crippen LogP contribution in [-0.4, -0.2) is 26.5 Å². The number of sulfone groups is 1. The summed E-state index contributed by atoms with van der Waals surface area (Å²) in [5, 5.41) is 0. The van der Waals surface area contributed by atoms with Crippen molar-refractivity contribution >= 4 is 25.8 Å². The van der Waals surface area contributed by atoms with Gasteiger partial charge in [-0.15, -0.1) is 0 Å². The van der Waals surface area contributed by atoms with E-state index < -0.39 is 9.84 Å². The summed E-state index contributed by atoms with van der Waals surface area (Å²) in [4.78, 5) is 0. The van der Waals surface area contributed by atoms with Crippen LogP contribution in [0.25, 0.3) is 0 Å². The van der Waals surface area contributed by atoms with Crippen LogP contribution >= 0.6 is 15.9 Å². The summed E-state index contributed by atoms with van der Waals surface area (Å²) in [5.74, 6) is 1.04. The molecule has 4 nitrogen and oxygen atoms in total. The van der Waals surface area contributed by atoms with Gasteiger partial charge in [-0.1, -0.05) is 28.9 Å². The fourth-order valence-corrected chi connectivity index (χ4v) is 2.80. The van der Waals surface area contributed by atoms with Crippen LogP contribution in [-0.2, 0) is 9.84 Å². The minimum Gasteiger partial charge on any atom is -0.493 e. The molecule has 0 aliphatic rings. The lowest BCUT2D eigenvalue weighted by Crippen LogP contribution is -2.13. The van der Waals surface area contributed by atoms with E-state index in [0.29, 0.717) is 18.8 Å². The maximum Gasteiger partial charge on any atom is 0.150 e. The summed E-state index contributed by atoms with van der Waals surface area (Å²) in [6, 6.07) is 5.55. The van der Waals surface area contributed by atoms with Crippen molar-refractivity contribution in [3.63, 3.8) is 0 Å². The Hall–Kier alpha value is -0.590. The van der Waals surface area contributed by atoms with Gasteiger partial charge in [0.15, 0.2) is 0 Å². The summed E-state index contributed by atoms with van der Waals surface area (Å²) >= 11 is 3.38. The molecule has 6 heteroatoms. The second-order valence-electron chi connectivity index (χ2n) is 4.41. The van der Waals surface area contributed by atoms with E-state index in [1.165, 1.54) is 0 Å². The lowest BCUT2D eigenvalue weighted by atomic mass is 10.1. The van der Waals surface area contributed by atoms with Crippen molar-refractivity contribution in [3.05, 3.63) is 28.2 Å². The summed E-state index contributed by atoms with van der Waals surface area (Å²) in [6.07, 6.45) is 0.487. The topological polar surface area (TPSA) is 69.4 Å². The molecule has 0 unspecified atom stereocenters. The van der Waals surface area contributed by atoms with Gasteiger partial charge in [0.05, 0.1) is 12.4 Å². The molecule has 0 amide bonds. The first-order valence-corrected chi connectivity index (χ1v) is 8.85. The first kappa shape index (κ1) is 16.5. The van der Waals surface area contributed by atoms with Crippen LogP contribution in [0.2, 0.25) is 0 Å². The number of hydrogen-bond acceptors (Lipinski definition) is 4. The first-order chi connectivity index (χ1) is 8.85. The number of benzene rings is 1. The molecule has 19 heavy (non-hydrogen) atoms. The molecule has 0 aliphatic heterocycles. The van der Waals surface area contributed by atoms with Gasteiger partial charge in [-0.05, 0) is 25.5 Å². The molecule has 1 aromatic rings. The maximum atomic E-state index is 11.4. The summed E-state index contributed by atoms with van der Waals surface area (Å²) in [5.41, 5.74) is 6.79. The zero-order valence-electron chi connectivity index (χ0n) is 11.2. The van der Waals surface area contributed by atoms with Gasteiger partial charge >= 0.3 is 0 Å². The van der Waals surface area contributed by atoms with Crippen LogP contribution in [0.4, 0.5) is 0 Å². The molecule has 1 aromatic carbocycles. The van der Waals surface area contributed by atoms with Crippen molar-refractivity contribution in [2.75, 3.05) is 18.1 Å². The highest BCUT2D eigenvalue weighted by molar-refractivity contribution is 9.10. The van der Waals surface area contributed by atoms with E-state index in [-0.39, 0.29) is 17.5 Å². The Morgan fingerprint density at radius 1 is 1.42 bits per heavy atom. The highest BCUT2D eigenvalue weighted by atomic mass is 79.9. The zero-order chi connectivity index (χ0) is 14.5. The molecule has 0 bridgehead atoms. The number of rotatable bonds is 7. The molecule has 0 heterocycles. The molecule has 2 N–H and O–H groups in total. The number of nitrogens with two attached hydrogens (primary N) is 1. The second kappa shape index (κ2) is 7.26. The van der Waals surface area contributed by atoms with E-state index in [0.717, 1.165) is 10.0 Å². The van der Waals surface area contributed by atoms with Gasteiger partial charge in [0.25, 0.3) is 0 Å². The van der Waals surface area contributed by atoms with Crippen LogP contribution < -0.4 is 10.5 Å². The van der Waals surface area contributed by atoms with E-state index in [9.17, 15) is 8.42 Å². The first-order valence-electron chi connectivity index (χ1n) is 6.24. The SMILES string of the molecule is CCS(=O)(=O)CCCOc1cc(Br)ccc1[C@@H](C)N. The lowest BCUT2D eigenvalue weighted by Gasteiger charge is -2.14. The molecule has 1 atom stereocenters. The Morgan fingerprint density at radius 2 is 2.11 bits per heavy atom. The predicted octanol–water partition coefficient (Wildman–Crippen LogP) is 2.67. The third-order valence-electron chi connectivity index (χ3n) is 2.76. The second-order valence-corrected chi connectivity index (χ2v) is 7.80. The quantitative estimate of drug-likeness (QED) is 0.768. The minimum absolute atomic E-state index is 0.123. The molecule has 0 saturated heterocycles. The standard InChI is InChI=1S/C13H20BrNO3S/c1-3-19(16,17)8-4-7-18-13-9-11(14)5-6-12(13)10(2)15/h5-6,9-10H,3-4,7-8,15H2,1-2H3/t10-/m1/s1. The number of hydrogen-bond donors (Lipinski definition) is 1. The fourth-order valence-electron chi connectivity index (χ4n) is 1.61. The van der Waals surface area contributed by atoms with Gasteiger partial charge in [-0.2, -0.15) is 0 Å². The lowest BCUT2D eigenvalue weighted by molar-refractivity contribution is 0.313. The molecule has 0 fully saturated rings. The average Bonchev–Trinajstić information content (AvgIpc) is 2.34. The van der Waals surface area contributed by atoms with Gasteiger partial charge in [0, 0.05) is 21.8 Å². The summed E-state index contributed by atoms with van der Waals surface area (Å²) in [7, 11) is -2.92. The summed E-state index contributed by atoms with van der Waals surface area (Å²) < 4.78 is 29.3. The van der Waals surface area contributed by atoms with Crippen LogP contribution in [0.5, 0.6) is 5.75 Å². The Balaban J connectivity index is 2.60. The predicted molar refractivity (Wildman–Crippen MR) is 81.2 cm³/mol.